The van der Waals surface area contributed by atoms with Gasteiger partial charge in [-0.15, -0.1) is 0 Å². The lowest BCUT2D eigenvalue weighted by Gasteiger charge is -2.25. The SMILES string of the molecule is CC(=O)Oc1c(C)cc(CN2CCC[C@@H]2Cn2cccn2)cc1C. The predicted octanol–water partition coefficient (Wildman–Crippen LogP) is 3.09. The second-order valence-corrected chi connectivity index (χ2v) is 6.65. The largest absolute Gasteiger partial charge is 0.426 e. The van der Waals surface area contributed by atoms with E-state index in [4.69, 9.17) is 4.74 Å². The van der Waals surface area contributed by atoms with Gasteiger partial charge in [0.2, 0.25) is 0 Å². The smallest absolute Gasteiger partial charge is 0.308 e. The van der Waals surface area contributed by atoms with Crippen molar-refractivity contribution in [1.82, 2.24) is 14.7 Å². The Hall–Kier alpha value is -2.14. The molecule has 0 unspecified atom stereocenters. The van der Waals surface area contributed by atoms with Gasteiger partial charge in [-0.25, -0.2) is 0 Å². The molecule has 24 heavy (non-hydrogen) atoms. The van der Waals surface area contributed by atoms with Crippen LogP contribution in [0.3, 0.4) is 0 Å². The lowest BCUT2D eigenvalue weighted by atomic mass is 10.0. The summed E-state index contributed by atoms with van der Waals surface area (Å²) in [5.74, 6) is 0.425. The second-order valence-electron chi connectivity index (χ2n) is 6.65. The number of hydrogen-bond acceptors (Lipinski definition) is 4. The molecule has 1 aromatic carbocycles. The van der Waals surface area contributed by atoms with Crippen molar-refractivity contribution < 1.29 is 9.53 Å². The van der Waals surface area contributed by atoms with Gasteiger partial charge in [-0.2, -0.15) is 5.10 Å². The Morgan fingerprint density at radius 3 is 2.71 bits per heavy atom. The summed E-state index contributed by atoms with van der Waals surface area (Å²) >= 11 is 0. The fourth-order valence-corrected chi connectivity index (χ4v) is 3.60. The van der Waals surface area contributed by atoms with E-state index in [0.717, 1.165) is 30.8 Å². The summed E-state index contributed by atoms with van der Waals surface area (Å²) in [4.78, 5) is 13.8. The topological polar surface area (TPSA) is 47.4 Å². The van der Waals surface area contributed by atoms with Crippen LogP contribution >= 0.6 is 0 Å². The van der Waals surface area contributed by atoms with Crippen molar-refractivity contribution in [3.63, 3.8) is 0 Å². The molecule has 0 saturated carbocycles. The summed E-state index contributed by atoms with van der Waals surface area (Å²) in [5, 5.41) is 4.33. The number of hydrogen-bond donors (Lipinski definition) is 0. The maximum atomic E-state index is 11.2. The third kappa shape index (κ3) is 3.85. The minimum Gasteiger partial charge on any atom is -0.426 e. The van der Waals surface area contributed by atoms with Crippen LogP contribution in [0.25, 0.3) is 0 Å². The number of carbonyl (C=O) groups is 1. The number of carbonyl (C=O) groups excluding carboxylic acids is 1. The van der Waals surface area contributed by atoms with Gasteiger partial charge in [0.1, 0.15) is 5.75 Å². The van der Waals surface area contributed by atoms with Crippen LogP contribution in [-0.2, 0) is 17.9 Å². The van der Waals surface area contributed by atoms with E-state index in [9.17, 15) is 4.79 Å². The number of rotatable bonds is 5. The molecule has 0 bridgehead atoms. The highest BCUT2D eigenvalue weighted by Gasteiger charge is 2.25. The van der Waals surface area contributed by atoms with Crippen molar-refractivity contribution in [3.05, 3.63) is 47.3 Å². The number of esters is 1. The van der Waals surface area contributed by atoms with Crippen molar-refractivity contribution in [1.29, 1.82) is 0 Å². The Morgan fingerprint density at radius 2 is 2.08 bits per heavy atom. The van der Waals surface area contributed by atoms with Crippen LogP contribution in [0.15, 0.2) is 30.6 Å². The molecule has 5 nitrogen and oxygen atoms in total. The lowest BCUT2D eigenvalue weighted by molar-refractivity contribution is -0.131. The minimum absolute atomic E-state index is 0.271. The van der Waals surface area contributed by atoms with Crippen LogP contribution in [0, 0.1) is 13.8 Å². The number of likely N-dealkylation sites (tertiary alicyclic amines) is 1. The summed E-state index contributed by atoms with van der Waals surface area (Å²) in [6.07, 6.45) is 6.30. The van der Waals surface area contributed by atoms with E-state index in [1.807, 2.05) is 37.0 Å². The molecule has 0 aliphatic carbocycles. The first-order valence-electron chi connectivity index (χ1n) is 8.53. The van der Waals surface area contributed by atoms with Crippen molar-refractivity contribution >= 4 is 5.97 Å². The summed E-state index contributed by atoms with van der Waals surface area (Å²) < 4.78 is 7.35. The zero-order chi connectivity index (χ0) is 17.1. The molecule has 0 N–H and O–H groups in total. The lowest BCUT2D eigenvalue weighted by Crippen LogP contribution is -2.32. The number of ether oxygens (including phenoxy) is 1. The average Bonchev–Trinajstić information content (AvgIpc) is 3.16. The van der Waals surface area contributed by atoms with Crippen LogP contribution in [0.2, 0.25) is 0 Å². The van der Waals surface area contributed by atoms with Gasteiger partial charge in [-0.1, -0.05) is 12.1 Å². The van der Waals surface area contributed by atoms with E-state index in [0.29, 0.717) is 11.8 Å². The van der Waals surface area contributed by atoms with E-state index >= 15 is 0 Å². The van der Waals surface area contributed by atoms with Gasteiger partial charge >= 0.3 is 5.97 Å². The Bertz CT molecular complexity index is 686. The van der Waals surface area contributed by atoms with Crippen molar-refractivity contribution in [2.24, 2.45) is 0 Å². The van der Waals surface area contributed by atoms with E-state index in [1.165, 1.54) is 25.3 Å². The number of nitrogens with zero attached hydrogens (tertiary/aromatic N) is 3. The van der Waals surface area contributed by atoms with Gasteiger partial charge in [0.25, 0.3) is 0 Å². The predicted molar refractivity (Wildman–Crippen MR) is 92.9 cm³/mol. The van der Waals surface area contributed by atoms with Crippen LogP contribution in [-0.4, -0.2) is 33.2 Å². The molecule has 1 saturated heterocycles. The van der Waals surface area contributed by atoms with Crippen LogP contribution in [0.1, 0.15) is 36.5 Å². The molecular formula is C19H25N3O2. The normalized spacial score (nSPS) is 18.0. The Kier molecular flexibility index (Phi) is 5.00. The van der Waals surface area contributed by atoms with E-state index in [2.05, 4.69) is 22.1 Å². The van der Waals surface area contributed by atoms with Gasteiger partial charge in [0, 0.05) is 31.9 Å². The first-order valence-corrected chi connectivity index (χ1v) is 8.53. The highest BCUT2D eigenvalue weighted by atomic mass is 16.5. The Labute approximate surface area is 143 Å². The molecule has 2 heterocycles. The Balaban J connectivity index is 1.71. The Morgan fingerprint density at radius 1 is 1.33 bits per heavy atom. The van der Waals surface area contributed by atoms with Gasteiger partial charge < -0.3 is 4.74 Å². The van der Waals surface area contributed by atoms with Gasteiger partial charge in [0.15, 0.2) is 0 Å². The molecule has 5 heteroatoms. The molecule has 1 aliphatic rings. The first kappa shape index (κ1) is 16.7. The monoisotopic (exact) mass is 327 g/mol. The van der Waals surface area contributed by atoms with Crippen molar-refractivity contribution in [2.45, 2.75) is 52.7 Å². The zero-order valence-electron chi connectivity index (χ0n) is 14.7. The van der Waals surface area contributed by atoms with Gasteiger partial charge in [-0.05, 0) is 56.0 Å². The van der Waals surface area contributed by atoms with Gasteiger partial charge in [0.05, 0.1) is 6.54 Å². The molecule has 0 spiro atoms. The zero-order valence-corrected chi connectivity index (χ0v) is 14.7. The van der Waals surface area contributed by atoms with E-state index in [1.54, 1.807) is 0 Å². The third-order valence-electron chi connectivity index (χ3n) is 4.61. The highest BCUT2D eigenvalue weighted by Crippen LogP contribution is 2.27. The molecule has 3 rings (SSSR count). The molecule has 0 radical (unpaired) electrons. The molecular weight excluding hydrogens is 302 g/mol. The molecule has 1 aromatic heterocycles. The molecule has 0 amide bonds. The van der Waals surface area contributed by atoms with E-state index < -0.39 is 0 Å². The maximum absolute atomic E-state index is 11.2. The summed E-state index contributed by atoms with van der Waals surface area (Å²) in [6.45, 7) is 8.43. The quantitative estimate of drug-likeness (QED) is 0.625. The van der Waals surface area contributed by atoms with E-state index in [-0.39, 0.29) is 5.97 Å². The number of aromatic nitrogens is 2. The molecule has 1 atom stereocenters. The summed E-state index contributed by atoms with van der Waals surface area (Å²) in [6, 6.07) is 6.77. The van der Waals surface area contributed by atoms with Crippen LogP contribution in [0.5, 0.6) is 5.75 Å². The maximum Gasteiger partial charge on any atom is 0.308 e. The molecule has 1 fully saturated rings. The second kappa shape index (κ2) is 7.18. The van der Waals surface area contributed by atoms with Gasteiger partial charge in [-0.3, -0.25) is 14.4 Å². The average molecular weight is 327 g/mol. The van der Waals surface area contributed by atoms with Crippen LogP contribution in [0.4, 0.5) is 0 Å². The summed E-state index contributed by atoms with van der Waals surface area (Å²) in [5.41, 5.74) is 3.30. The van der Waals surface area contributed by atoms with Crippen molar-refractivity contribution in [2.75, 3.05) is 6.54 Å². The first-order chi connectivity index (χ1) is 11.5. The fraction of sp³-hybridized carbons (Fsp3) is 0.474. The molecule has 2 aromatic rings. The number of aryl methyl sites for hydroxylation is 2. The molecule has 1 aliphatic heterocycles. The third-order valence-corrected chi connectivity index (χ3v) is 4.61. The summed E-state index contributed by atoms with van der Waals surface area (Å²) in [7, 11) is 0. The number of benzene rings is 1. The standard InChI is InChI=1S/C19H25N3O2/c1-14-10-17(11-15(2)19(14)24-16(3)23)12-21-8-4-6-18(21)13-22-9-5-7-20-22/h5,7,9-11,18H,4,6,8,12-13H2,1-3H3/t18-/m1/s1. The minimum atomic E-state index is -0.271. The van der Waals surface area contributed by atoms with Crippen LogP contribution < -0.4 is 4.74 Å². The van der Waals surface area contributed by atoms with Crippen molar-refractivity contribution in [3.8, 4) is 5.75 Å². The highest BCUT2D eigenvalue weighted by molar-refractivity contribution is 5.70. The fourth-order valence-electron chi connectivity index (χ4n) is 3.60. The molecule has 128 valence electrons.